The van der Waals surface area contributed by atoms with E-state index in [2.05, 4.69) is 37.2 Å². The highest BCUT2D eigenvalue weighted by Gasteiger charge is 2.40. The third-order valence-corrected chi connectivity index (χ3v) is 3.39. The molecule has 1 heterocycles. The number of nitrogens with one attached hydrogen (secondary N) is 1. The topological polar surface area (TPSA) is 21.3 Å². The summed E-state index contributed by atoms with van der Waals surface area (Å²) < 4.78 is 5.99. The first-order chi connectivity index (χ1) is 8.65. The summed E-state index contributed by atoms with van der Waals surface area (Å²) in [4.78, 5) is 0. The van der Waals surface area contributed by atoms with Gasteiger partial charge in [-0.1, -0.05) is 18.2 Å². The van der Waals surface area contributed by atoms with Crippen molar-refractivity contribution in [2.24, 2.45) is 0 Å². The lowest BCUT2D eigenvalue weighted by Gasteiger charge is -2.27. The number of terminal acetylenes is 1. The first-order valence-electron chi connectivity index (χ1n) is 6.60. The summed E-state index contributed by atoms with van der Waals surface area (Å²) in [5, 5.41) is 3.59. The van der Waals surface area contributed by atoms with Gasteiger partial charge in [-0.3, -0.25) is 0 Å². The highest BCUT2D eigenvalue weighted by Crippen LogP contribution is 2.42. The van der Waals surface area contributed by atoms with Crippen LogP contribution < -0.4 is 10.1 Å². The second kappa shape index (κ2) is 5.46. The smallest absolute Gasteiger partial charge is 0.125 e. The standard InChI is InChI=1S/C16H21NO/c1-4-5-6-9-12-17-15-13-10-7-8-11-14(13)18-16(15,2)3/h1,7-8,10-11,15,17H,5-6,9,12H2,2-3H3. The molecule has 0 bridgehead atoms. The van der Waals surface area contributed by atoms with Crippen molar-refractivity contribution in [3.8, 4) is 18.1 Å². The van der Waals surface area contributed by atoms with Gasteiger partial charge in [0.15, 0.2) is 0 Å². The average molecular weight is 243 g/mol. The van der Waals surface area contributed by atoms with Gasteiger partial charge in [0.1, 0.15) is 11.4 Å². The lowest BCUT2D eigenvalue weighted by Crippen LogP contribution is -2.39. The van der Waals surface area contributed by atoms with Crippen LogP contribution in [0, 0.1) is 12.3 Å². The van der Waals surface area contributed by atoms with Crippen molar-refractivity contribution in [3.63, 3.8) is 0 Å². The molecule has 1 unspecified atom stereocenters. The molecule has 1 atom stereocenters. The minimum absolute atomic E-state index is 0.185. The maximum absolute atomic E-state index is 5.99. The van der Waals surface area contributed by atoms with Crippen molar-refractivity contribution in [2.75, 3.05) is 6.54 Å². The zero-order chi connectivity index (χ0) is 13.0. The fraction of sp³-hybridized carbons (Fsp3) is 0.500. The lowest BCUT2D eigenvalue weighted by molar-refractivity contribution is 0.0964. The van der Waals surface area contributed by atoms with Crippen LogP contribution in [0.3, 0.4) is 0 Å². The van der Waals surface area contributed by atoms with Crippen LogP contribution in [0.4, 0.5) is 0 Å². The Bertz CT molecular complexity index is 445. The molecule has 0 aliphatic carbocycles. The normalized spacial score (nSPS) is 19.9. The van der Waals surface area contributed by atoms with E-state index in [0.717, 1.165) is 31.6 Å². The lowest BCUT2D eigenvalue weighted by atomic mass is 9.94. The molecule has 18 heavy (non-hydrogen) atoms. The van der Waals surface area contributed by atoms with E-state index in [0.29, 0.717) is 0 Å². The summed E-state index contributed by atoms with van der Waals surface area (Å²) in [6, 6.07) is 8.53. The van der Waals surface area contributed by atoms with Crippen molar-refractivity contribution in [3.05, 3.63) is 29.8 Å². The van der Waals surface area contributed by atoms with Crippen LogP contribution in [-0.2, 0) is 0 Å². The monoisotopic (exact) mass is 243 g/mol. The van der Waals surface area contributed by atoms with Gasteiger partial charge in [-0.05, 0) is 39.3 Å². The Hall–Kier alpha value is -1.46. The summed E-state index contributed by atoms with van der Waals surface area (Å²) in [7, 11) is 0. The molecule has 0 radical (unpaired) electrons. The number of para-hydroxylation sites is 1. The number of hydrogen-bond donors (Lipinski definition) is 1. The second-order valence-corrected chi connectivity index (χ2v) is 5.29. The maximum atomic E-state index is 5.99. The van der Waals surface area contributed by atoms with E-state index in [1.165, 1.54) is 5.56 Å². The van der Waals surface area contributed by atoms with Gasteiger partial charge in [-0.2, -0.15) is 0 Å². The zero-order valence-electron chi connectivity index (χ0n) is 11.2. The third kappa shape index (κ3) is 2.68. The van der Waals surface area contributed by atoms with Crippen molar-refractivity contribution < 1.29 is 4.74 Å². The highest BCUT2D eigenvalue weighted by atomic mass is 16.5. The van der Waals surface area contributed by atoms with E-state index in [1.807, 2.05) is 12.1 Å². The number of ether oxygens (including phenoxy) is 1. The van der Waals surface area contributed by atoms with Crippen LogP contribution in [0.25, 0.3) is 0 Å². The van der Waals surface area contributed by atoms with E-state index >= 15 is 0 Å². The van der Waals surface area contributed by atoms with Crippen molar-refractivity contribution in [2.45, 2.75) is 44.8 Å². The van der Waals surface area contributed by atoms with Gasteiger partial charge in [-0.15, -0.1) is 12.3 Å². The van der Waals surface area contributed by atoms with Crippen LogP contribution in [-0.4, -0.2) is 12.1 Å². The molecule has 1 aliphatic rings. The summed E-state index contributed by atoms with van der Waals surface area (Å²) in [6.07, 6.45) is 8.31. The van der Waals surface area contributed by atoms with Crippen molar-refractivity contribution in [1.29, 1.82) is 0 Å². The number of fused-ring (bicyclic) bond motifs is 1. The van der Waals surface area contributed by atoms with Crippen LogP contribution in [0.15, 0.2) is 24.3 Å². The molecule has 2 rings (SSSR count). The molecular weight excluding hydrogens is 222 g/mol. The van der Waals surface area contributed by atoms with Gasteiger partial charge in [0, 0.05) is 12.0 Å². The minimum Gasteiger partial charge on any atom is -0.486 e. The molecule has 1 aliphatic heterocycles. The Morgan fingerprint density at radius 3 is 2.89 bits per heavy atom. The summed E-state index contributed by atoms with van der Waals surface area (Å²) >= 11 is 0. The summed E-state index contributed by atoms with van der Waals surface area (Å²) in [5.41, 5.74) is 1.08. The molecule has 0 aromatic heterocycles. The predicted octanol–water partition coefficient (Wildman–Crippen LogP) is 3.29. The highest BCUT2D eigenvalue weighted by molar-refractivity contribution is 5.42. The Balaban J connectivity index is 1.96. The zero-order valence-corrected chi connectivity index (χ0v) is 11.2. The van der Waals surface area contributed by atoms with Gasteiger partial charge < -0.3 is 10.1 Å². The van der Waals surface area contributed by atoms with Crippen LogP contribution in [0.1, 0.15) is 44.7 Å². The van der Waals surface area contributed by atoms with E-state index < -0.39 is 0 Å². The quantitative estimate of drug-likeness (QED) is 0.633. The first-order valence-corrected chi connectivity index (χ1v) is 6.60. The Kier molecular flexibility index (Phi) is 3.93. The first kappa shape index (κ1) is 13.0. The predicted molar refractivity (Wildman–Crippen MR) is 74.6 cm³/mol. The molecule has 1 aromatic carbocycles. The van der Waals surface area contributed by atoms with E-state index in [9.17, 15) is 0 Å². The Morgan fingerprint density at radius 2 is 2.11 bits per heavy atom. The number of hydrogen-bond acceptors (Lipinski definition) is 2. The molecule has 0 spiro atoms. The number of benzene rings is 1. The number of rotatable bonds is 5. The SMILES string of the molecule is C#CCCCCNC1c2ccccc2OC1(C)C. The molecule has 0 amide bonds. The van der Waals surface area contributed by atoms with E-state index in [4.69, 9.17) is 11.2 Å². The fourth-order valence-electron chi connectivity index (χ4n) is 2.48. The molecule has 0 saturated heterocycles. The summed E-state index contributed by atoms with van der Waals surface area (Å²) in [6.45, 7) is 5.24. The Morgan fingerprint density at radius 1 is 1.33 bits per heavy atom. The van der Waals surface area contributed by atoms with E-state index in [-0.39, 0.29) is 11.6 Å². The molecule has 0 fully saturated rings. The average Bonchev–Trinajstić information content (AvgIpc) is 2.60. The van der Waals surface area contributed by atoms with Gasteiger partial charge >= 0.3 is 0 Å². The molecular formula is C16H21NO. The largest absolute Gasteiger partial charge is 0.486 e. The molecule has 1 N–H and O–H groups in total. The minimum atomic E-state index is -0.185. The molecule has 1 aromatic rings. The molecule has 0 saturated carbocycles. The van der Waals surface area contributed by atoms with Crippen molar-refractivity contribution >= 4 is 0 Å². The second-order valence-electron chi connectivity index (χ2n) is 5.29. The van der Waals surface area contributed by atoms with Gasteiger partial charge in [0.25, 0.3) is 0 Å². The van der Waals surface area contributed by atoms with Gasteiger partial charge in [0.05, 0.1) is 6.04 Å². The van der Waals surface area contributed by atoms with Gasteiger partial charge in [-0.25, -0.2) is 0 Å². The third-order valence-electron chi connectivity index (χ3n) is 3.39. The van der Waals surface area contributed by atoms with Crippen LogP contribution in [0.2, 0.25) is 0 Å². The summed E-state index contributed by atoms with van der Waals surface area (Å²) in [5.74, 6) is 3.68. The molecule has 2 nitrogen and oxygen atoms in total. The van der Waals surface area contributed by atoms with Crippen LogP contribution >= 0.6 is 0 Å². The van der Waals surface area contributed by atoms with E-state index in [1.54, 1.807) is 0 Å². The maximum Gasteiger partial charge on any atom is 0.125 e. The van der Waals surface area contributed by atoms with Gasteiger partial charge in [0.2, 0.25) is 0 Å². The molecule has 2 heteroatoms. The molecule has 96 valence electrons. The Labute approximate surface area is 110 Å². The number of unbranched alkanes of at least 4 members (excludes halogenated alkanes) is 2. The fourth-order valence-corrected chi connectivity index (χ4v) is 2.48. The van der Waals surface area contributed by atoms with Crippen molar-refractivity contribution in [1.82, 2.24) is 5.32 Å². The van der Waals surface area contributed by atoms with Crippen LogP contribution in [0.5, 0.6) is 5.75 Å².